The van der Waals surface area contributed by atoms with Crippen LogP contribution in [-0.4, -0.2) is 38.4 Å². The topological polar surface area (TPSA) is 0 Å². The van der Waals surface area contributed by atoms with Gasteiger partial charge in [-0.3, -0.25) is 0 Å². The summed E-state index contributed by atoms with van der Waals surface area (Å²) in [6.45, 7) is 0. The smallest absolute Gasteiger partial charge is 0.0664 e. The molecule has 2 unspecified atom stereocenters. The average Bonchev–Trinajstić information content (AvgIpc) is 3.32. The minimum atomic E-state index is -1.21. The van der Waals surface area contributed by atoms with Crippen molar-refractivity contribution in [3.05, 3.63) is 119 Å². The van der Waals surface area contributed by atoms with Crippen LogP contribution in [-0.2, 0) is 6.04 Å². The first-order valence-corrected chi connectivity index (χ1v) is 11.6. The van der Waals surface area contributed by atoms with Gasteiger partial charge in [0, 0.05) is 29.6 Å². The minimum Gasteiger partial charge on any atom is -0.0794 e. The third kappa shape index (κ3) is 3.57. The molecule has 0 spiro atoms. The van der Waals surface area contributed by atoms with Crippen molar-refractivity contribution >= 4 is 50.5 Å². The van der Waals surface area contributed by atoms with Crippen molar-refractivity contribution in [3.63, 3.8) is 0 Å². The van der Waals surface area contributed by atoms with Gasteiger partial charge in [-0.25, -0.2) is 0 Å². The van der Waals surface area contributed by atoms with E-state index in [1.165, 1.54) is 33.9 Å². The molecular formula is C25H22NaSi. The van der Waals surface area contributed by atoms with Crippen LogP contribution in [0.3, 0.4) is 0 Å². The Hall–Kier alpha value is -1.64. The SMILES string of the molecule is C1=CC([SiH](Cc2ccccc2)C2C=Cc3ccccc32)c2ccccc21.[Na]. The number of benzene rings is 3. The molecule has 3 aromatic carbocycles. The Morgan fingerprint density at radius 2 is 1.07 bits per heavy atom. The van der Waals surface area contributed by atoms with E-state index in [1.807, 2.05) is 0 Å². The normalized spacial score (nSPS) is 20.0. The van der Waals surface area contributed by atoms with Gasteiger partial charge < -0.3 is 0 Å². The van der Waals surface area contributed by atoms with Gasteiger partial charge in [0.05, 0.1) is 8.80 Å². The van der Waals surface area contributed by atoms with Crippen LogP contribution < -0.4 is 0 Å². The summed E-state index contributed by atoms with van der Waals surface area (Å²) in [5.74, 6) is 0. The van der Waals surface area contributed by atoms with Crippen molar-refractivity contribution < 1.29 is 0 Å². The van der Waals surface area contributed by atoms with E-state index in [4.69, 9.17) is 0 Å². The van der Waals surface area contributed by atoms with Gasteiger partial charge in [0.2, 0.25) is 0 Å². The molecule has 0 heterocycles. The first-order valence-electron chi connectivity index (χ1n) is 9.48. The first-order chi connectivity index (χ1) is 12.9. The third-order valence-corrected chi connectivity index (χ3v) is 9.86. The maximum atomic E-state index is 2.49. The van der Waals surface area contributed by atoms with Gasteiger partial charge in [-0.05, 0) is 39.4 Å². The maximum Gasteiger partial charge on any atom is 0.0664 e. The van der Waals surface area contributed by atoms with E-state index in [2.05, 4.69) is 103 Å². The van der Waals surface area contributed by atoms with Gasteiger partial charge in [-0.1, -0.05) is 109 Å². The molecule has 0 nitrogen and oxygen atoms in total. The molecular weight excluding hydrogens is 351 g/mol. The van der Waals surface area contributed by atoms with Gasteiger partial charge in [0.15, 0.2) is 0 Å². The zero-order valence-electron chi connectivity index (χ0n) is 15.8. The molecule has 5 rings (SSSR count). The zero-order chi connectivity index (χ0) is 17.3. The van der Waals surface area contributed by atoms with Crippen LogP contribution in [0, 0.1) is 0 Å². The molecule has 27 heavy (non-hydrogen) atoms. The van der Waals surface area contributed by atoms with Crippen molar-refractivity contribution in [1.82, 2.24) is 0 Å². The molecule has 127 valence electrons. The van der Waals surface area contributed by atoms with Crippen molar-refractivity contribution in [2.24, 2.45) is 0 Å². The van der Waals surface area contributed by atoms with Crippen LogP contribution in [0.4, 0.5) is 0 Å². The summed E-state index contributed by atoms with van der Waals surface area (Å²) in [4.78, 5) is 0. The molecule has 0 saturated carbocycles. The van der Waals surface area contributed by atoms with Crippen LogP contribution >= 0.6 is 0 Å². The van der Waals surface area contributed by atoms with E-state index < -0.39 is 8.80 Å². The number of rotatable bonds is 4. The zero-order valence-corrected chi connectivity index (χ0v) is 18.9. The largest absolute Gasteiger partial charge is 0.0794 e. The van der Waals surface area contributed by atoms with Crippen LogP contribution in [0.5, 0.6) is 0 Å². The van der Waals surface area contributed by atoms with E-state index >= 15 is 0 Å². The molecule has 2 aliphatic carbocycles. The van der Waals surface area contributed by atoms with Gasteiger partial charge in [0.1, 0.15) is 0 Å². The number of hydrogen-bond donors (Lipinski definition) is 0. The molecule has 0 fully saturated rings. The summed E-state index contributed by atoms with van der Waals surface area (Å²) >= 11 is 0. The molecule has 2 aliphatic rings. The van der Waals surface area contributed by atoms with Gasteiger partial charge in [0.25, 0.3) is 0 Å². The first kappa shape index (κ1) is 18.7. The fourth-order valence-corrected chi connectivity index (χ4v) is 8.76. The summed E-state index contributed by atoms with van der Waals surface area (Å²) in [7, 11) is -1.21. The molecule has 1 radical (unpaired) electrons. The third-order valence-electron chi connectivity index (χ3n) is 5.91. The number of hydrogen-bond acceptors (Lipinski definition) is 0. The summed E-state index contributed by atoms with van der Waals surface area (Å²) in [5.41, 5.74) is 8.60. The molecule has 0 saturated heterocycles. The van der Waals surface area contributed by atoms with Gasteiger partial charge >= 0.3 is 0 Å². The van der Waals surface area contributed by atoms with E-state index in [1.54, 1.807) is 0 Å². The Morgan fingerprint density at radius 3 is 1.63 bits per heavy atom. The fraction of sp³-hybridized carbons (Fsp3) is 0.120. The van der Waals surface area contributed by atoms with Crippen molar-refractivity contribution in [3.8, 4) is 0 Å². The van der Waals surface area contributed by atoms with Crippen LogP contribution in [0.2, 0.25) is 0 Å². The van der Waals surface area contributed by atoms with E-state index in [0.29, 0.717) is 11.1 Å². The molecule has 0 amide bonds. The molecule has 0 aromatic heterocycles. The summed E-state index contributed by atoms with van der Waals surface area (Å²) in [6, 6.07) is 30.2. The van der Waals surface area contributed by atoms with Crippen molar-refractivity contribution in [2.75, 3.05) is 0 Å². The Bertz CT molecular complexity index is 928. The molecule has 0 aliphatic heterocycles. The van der Waals surface area contributed by atoms with Crippen molar-refractivity contribution in [2.45, 2.75) is 17.1 Å². The van der Waals surface area contributed by atoms with Crippen LogP contribution in [0.1, 0.15) is 38.9 Å². The number of allylic oxidation sites excluding steroid dienone is 2. The van der Waals surface area contributed by atoms with Crippen LogP contribution in [0.15, 0.2) is 91.0 Å². The Morgan fingerprint density at radius 1 is 0.593 bits per heavy atom. The fourth-order valence-electron chi connectivity index (χ4n) is 4.66. The van der Waals surface area contributed by atoms with E-state index in [0.717, 1.165) is 0 Å². The van der Waals surface area contributed by atoms with E-state index in [9.17, 15) is 0 Å². The number of fused-ring (bicyclic) bond motifs is 2. The second-order valence-corrected chi connectivity index (χ2v) is 10.6. The van der Waals surface area contributed by atoms with Crippen LogP contribution in [0.25, 0.3) is 12.2 Å². The monoisotopic (exact) mass is 373 g/mol. The summed E-state index contributed by atoms with van der Waals surface area (Å²) < 4.78 is 0. The molecule has 3 aromatic rings. The predicted molar refractivity (Wildman–Crippen MR) is 119 cm³/mol. The minimum absolute atomic E-state index is 0. The van der Waals surface area contributed by atoms with E-state index in [-0.39, 0.29) is 29.6 Å². The molecule has 0 N–H and O–H groups in total. The Balaban J connectivity index is 0.00000180. The average molecular weight is 374 g/mol. The molecule has 0 bridgehead atoms. The van der Waals surface area contributed by atoms with Crippen molar-refractivity contribution in [1.29, 1.82) is 0 Å². The molecule has 2 heteroatoms. The summed E-state index contributed by atoms with van der Waals surface area (Å²) in [6.07, 6.45) is 9.66. The summed E-state index contributed by atoms with van der Waals surface area (Å²) in [5, 5.41) is 0. The van der Waals surface area contributed by atoms with Gasteiger partial charge in [-0.2, -0.15) is 0 Å². The Kier molecular flexibility index (Phi) is 5.65. The standard InChI is InChI=1S/C25H22Si.Na/c1-2-8-19(9-3-1)18-26(24-16-14-20-10-4-6-12-22(20)24)25-17-15-21-11-5-7-13-23(21)25;/h1-17,24-26H,18H2;. The quantitative estimate of drug-likeness (QED) is 0.543. The second kappa shape index (κ2) is 8.16. The predicted octanol–water partition coefficient (Wildman–Crippen LogP) is 5.31. The molecule has 2 atom stereocenters. The second-order valence-electron chi connectivity index (χ2n) is 7.38. The maximum absolute atomic E-state index is 2.49. The van der Waals surface area contributed by atoms with Gasteiger partial charge in [-0.15, -0.1) is 0 Å². The Labute approximate surface area is 185 Å².